The van der Waals surface area contributed by atoms with E-state index in [4.69, 9.17) is 15.6 Å². The van der Waals surface area contributed by atoms with Crippen LogP contribution in [0.5, 0.6) is 5.75 Å². The molecule has 4 nitrogen and oxygen atoms in total. The van der Waals surface area contributed by atoms with Crippen LogP contribution < -0.4 is 10.5 Å². The van der Waals surface area contributed by atoms with Gasteiger partial charge in [0, 0.05) is 11.6 Å². The van der Waals surface area contributed by atoms with E-state index in [2.05, 4.69) is 0 Å². The minimum atomic E-state index is -2.70. The van der Waals surface area contributed by atoms with E-state index >= 15 is 0 Å². The minimum Gasteiger partial charge on any atom is -0.496 e. The van der Waals surface area contributed by atoms with Crippen LogP contribution in [0, 0.1) is 6.92 Å². The minimum absolute atomic E-state index is 0.0376. The third-order valence-corrected chi connectivity index (χ3v) is 2.52. The smallest absolute Gasteiger partial charge is 0.305 e. The summed E-state index contributed by atoms with van der Waals surface area (Å²) in [7, 11) is 1.26. The quantitative estimate of drug-likeness (QED) is 0.851. The van der Waals surface area contributed by atoms with Gasteiger partial charge in [0.25, 0.3) is 6.43 Å². The van der Waals surface area contributed by atoms with Crippen LogP contribution in [-0.2, 0) is 4.79 Å². The predicted molar refractivity (Wildman–Crippen MR) is 61.9 cm³/mol. The van der Waals surface area contributed by atoms with Crippen molar-refractivity contribution >= 4 is 5.97 Å². The molecule has 0 amide bonds. The summed E-state index contributed by atoms with van der Waals surface area (Å²) in [4.78, 5) is 10.6. The number of ether oxygens (including phenoxy) is 1. The predicted octanol–water partition coefficient (Wildman–Crippen LogP) is 2.42. The fourth-order valence-corrected chi connectivity index (χ4v) is 1.80. The number of carboxylic acids is 1. The summed E-state index contributed by atoms with van der Waals surface area (Å²) in [6, 6.07) is 1.99. The summed E-state index contributed by atoms with van der Waals surface area (Å²) in [6.07, 6.45) is -3.04. The monoisotopic (exact) mass is 259 g/mol. The van der Waals surface area contributed by atoms with E-state index in [1.807, 2.05) is 0 Å². The number of carboxylic acid groups (broad SMARTS) is 1. The van der Waals surface area contributed by atoms with Gasteiger partial charge in [-0.2, -0.15) is 0 Å². The third-order valence-electron chi connectivity index (χ3n) is 2.52. The third kappa shape index (κ3) is 3.16. The molecule has 0 saturated heterocycles. The summed E-state index contributed by atoms with van der Waals surface area (Å²) in [5, 5.41) is 8.69. The zero-order chi connectivity index (χ0) is 13.9. The van der Waals surface area contributed by atoms with Crippen LogP contribution in [0.1, 0.15) is 35.6 Å². The topological polar surface area (TPSA) is 72.5 Å². The molecule has 100 valence electrons. The lowest BCUT2D eigenvalue weighted by Crippen LogP contribution is -2.17. The number of methoxy groups -OCH3 is 1. The first-order chi connectivity index (χ1) is 8.36. The molecule has 18 heavy (non-hydrogen) atoms. The first kappa shape index (κ1) is 14.4. The van der Waals surface area contributed by atoms with E-state index in [1.165, 1.54) is 13.2 Å². The largest absolute Gasteiger partial charge is 0.496 e. The maximum atomic E-state index is 12.9. The molecule has 1 aromatic carbocycles. The second-order valence-corrected chi connectivity index (χ2v) is 3.98. The fourth-order valence-electron chi connectivity index (χ4n) is 1.80. The Morgan fingerprint density at radius 3 is 2.44 bits per heavy atom. The molecule has 0 aliphatic heterocycles. The SMILES string of the molecule is COc1c(C(F)F)cc(C)cc1C(N)CC(=O)O. The molecule has 0 heterocycles. The lowest BCUT2D eigenvalue weighted by atomic mass is 9.97. The van der Waals surface area contributed by atoms with E-state index < -0.39 is 18.4 Å². The number of rotatable bonds is 5. The Bertz CT molecular complexity index is 449. The second-order valence-electron chi connectivity index (χ2n) is 3.98. The van der Waals surface area contributed by atoms with Crippen LogP contribution >= 0.6 is 0 Å². The normalized spacial score (nSPS) is 12.6. The van der Waals surface area contributed by atoms with Crippen molar-refractivity contribution in [2.24, 2.45) is 5.73 Å². The van der Waals surface area contributed by atoms with Crippen LogP contribution in [0.3, 0.4) is 0 Å². The average Bonchev–Trinajstić information content (AvgIpc) is 2.26. The van der Waals surface area contributed by atoms with Crippen molar-refractivity contribution in [1.82, 2.24) is 0 Å². The summed E-state index contributed by atoms with van der Waals surface area (Å²) in [6.45, 7) is 1.64. The van der Waals surface area contributed by atoms with E-state index in [0.717, 1.165) is 0 Å². The van der Waals surface area contributed by atoms with Crippen molar-refractivity contribution in [3.8, 4) is 5.75 Å². The van der Waals surface area contributed by atoms with E-state index in [1.54, 1.807) is 13.0 Å². The van der Waals surface area contributed by atoms with Gasteiger partial charge in [-0.05, 0) is 13.0 Å². The second kappa shape index (κ2) is 5.77. The van der Waals surface area contributed by atoms with Gasteiger partial charge >= 0.3 is 5.97 Å². The molecular formula is C12H15F2NO3. The Balaban J connectivity index is 3.28. The molecule has 0 aliphatic carbocycles. The van der Waals surface area contributed by atoms with E-state index in [0.29, 0.717) is 5.56 Å². The highest BCUT2D eigenvalue weighted by Crippen LogP contribution is 2.36. The van der Waals surface area contributed by atoms with Gasteiger partial charge in [-0.25, -0.2) is 8.78 Å². The van der Waals surface area contributed by atoms with Gasteiger partial charge in [0.2, 0.25) is 0 Å². The van der Waals surface area contributed by atoms with Gasteiger partial charge < -0.3 is 15.6 Å². The molecule has 0 radical (unpaired) electrons. The number of aliphatic carboxylic acids is 1. The Hall–Kier alpha value is -1.69. The lowest BCUT2D eigenvalue weighted by Gasteiger charge is -2.18. The number of carbonyl (C=O) groups is 1. The van der Waals surface area contributed by atoms with Crippen molar-refractivity contribution in [2.45, 2.75) is 25.8 Å². The van der Waals surface area contributed by atoms with Gasteiger partial charge in [-0.1, -0.05) is 11.6 Å². The number of benzene rings is 1. The van der Waals surface area contributed by atoms with E-state index in [-0.39, 0.29) is 23.3 Å². The van der Waals surface area contributed by atoms with E-state index in [9.17, 15) is 13.6 Å². The van der Waals surface area contributed by atoms with Crippen LogP contribution in [0.15, 0.2) is 12.1 Å². The van der Waals surface area contributed by atoms with Gasteiger partial charge in [0.15, 0.2) is 0 Å². The molecule has 6 heteroatoms. The average molecular weight is 259 g/mol. The molecule has 1 aromatic rings. The van der Waals surface area contributed by atoms with Crippen molar-refractivity contribution < 1.29 is 23.4 Å². The summed E-state index contributed by atoms with van der Waals surface area (Å²) in [5.74, 6) is -1.13. The van der Waals surface area contributed by atoms with Crippen molar-refractivity contribution in [1.29, 1.82) is 0 Å². The Labute approximate surface area is 103 Å². The molecule has 1 unspecified atom stereocenters. The highest BCUT2D eigenvalue weighted by Gasteiger charge is 2.22. The van der Waals surface area contributed by atoms with Gasteiger partial charge in [-0.3, -0.25) is 4.79 Å². The summed E-state index contributed by atoms with van der Waals surface area (Å²) >= 11 is 0. The maximum absolute atomic E-state index is 12.9. The highest BCUT2D eigenvalue weighted by atomic mass is 19.3. The molecule has 0 saturated carbocycles. The molecule has 0 bridgehead atoms. The highest BCUT2D eigenvalue weighted by molar-refractivity contribution is 5.68. The van der Waals surface area contributed by atoms with Crippen molar-refractivity contribution in [3.05, 3.63) is 28.8 Å². The number of nitrogens with two attached hydrogens (primary N) is 1. The van der Waals surface area contributed by atoms with Crippen LogP contribution in [-0.4, -0.2) is 18.2 Å². The number of aryl methyl sites for hydroxylation is 1. The first-order valence-corrected chi connectivity index (χ1v) is 5.30. The molecule has 3 N–H and O–H groups in total. The number of hydrogen-bond donors (Lipinski definition) is 2. The van der Waals surface area contributed by atoms with Crippen molar-refractivity contribution in [3.63, 3.8) is 0 Å². The van der Waals surface area contributed by atoms with Crippen LogP contribution in [0.4, 0.5) is 8.78 Å². The summed E-state index contributed by atoms with van der Waals surface area (Å²) < 4.78 is 30.7. The zero-order valence-electron chi connectivity index (χ0n) is 10.1. The molecule has 0 aliphatic rings. The molecule has 0 fully saturated rings. The van der Waals surface area contributed by atoms with Gasteiger partial charge in [0.1, 0.15) is 5.75 Å². The standard InChI is InChI=1S/C12H15F2NO3/c1-6-3-7(9(15)5-10(16)17)11(18-2)8(4-6)12(13)14/h3-4,9,12H,5,15H2,1-2H3,(H,16,17). The van der Waals surface area contributed by atoms with Crippen LogP contribution in [0.25, 0.3) is 0 Å². The first-order valence-electron chi connectivity index (χ1n) is 5.30. The molecule has 1 atom stereocenters. The zero-order valence-corrected chi connectivity index (χ0v) is 10.1. The maximum Gasteiger partial charge on any atom is 0.305 e. The number of halogens is 2. The Morgan fingerprint density at radius 1 is 1.44 bits per heavy atom. The molecule has 0 aromatic heterocycles. The lowest BCUT2D eigenvalue weighted by molar-refractivity contribution is -0.137. The summed E-state index contributed by atoms with van der Waals surface area (Å²) in [5.41, 5.74) is 6.31. The molecular weight excluding hydrogens is 244 g/mol. The number of alkyl halides is 2. The van der Waals surface area contributed by atoms with Gasteiger partial charge in [-0.15, -0.1) is 0 Å². The van der Waals surface area contributed by atoms with Crippen molar-refractivity contribution in [2.75, 3.05) is 7.11 Å². The van der Waals surface area contributed by atoms with Gasteiger partial charge in [0.05, 0.1) is 19.1 Å². The fraction of sp³-hybridized carbons (Fsp3) is 0.417. The number of hydrogen-bond acceptors (Lipinski definition) is 3. The Morgan fingerprint density at radius 2 is 2.00 bits per heavy atom. The molecule has 1 rings (SSSR count). The Kier molecular flexibility index (Phi) is 4.61. The molecule has 0 spiro atoms. The van der Waals surface area contributed by atoms with Crippen LogP contribution in [0.2, 0.25) is 0 Å².